The minimum atomic E-state index is -0.194. The summed E-state index contributed by atoms with van der Waals surface area (Å²) in [6.07, 6.45) is 9.53. The van der Waals surface area contributed by atoms with Crippen LogP contribution in [0.15, 0.2) is 9.64 Å². The van der Waals surface area contributed by atoms with Gasteiger partial charge in [0, 0.05) is 12.0 Å². The Bertz CT molecular complexity index is 479. The normalized spacial score (nSPS) is 21.8. The summed E-state index contributed by atoms with van der Waals surface area (Å²) in [4.78, 5) is 12.3. The smallest absolute Gasteiger partial charge is 0.277 e. The fourth-order valence-electron chi connectivity index (χ4n) is 2.71. The summed E-state index contributed by atoms with van der Waals surface area (Å²) in [5, 5.41) is 11.6. The largest absolute Gasteiger partial charge is 0.416 e. The van der Waals surface area contributed by atoms with Crippen molar-refractivity contribution in [1.29, 1.82) is 0 Å². The molecule has 1 heterocycles. The minimum absolute atomic E-state index is 0.0815. The molecule has 2 saturated carbocycles. The molecule has 0 aliphatic heterocycles. The van der Waals surface area contributed by atoms with Crippen molar-refractivity contribution >= 4 is 17.7 Å². The summed E-state index contributed by atoms with van der Waals surface area (Å²) in [7, 11) is 0. The molecular formula is C15H23N3O2S. The van der Waals surface area contributed by atoms with Crippen LogP contribution in [0, 0.1) is 0 Å². The monoisotopic (exact) mass is 309 g/mol. The third-order valence-corrected chi connectivity index (χ3v) is 5.13. The molecule has 116 valence electrons. The number of nitrogens with one attached hydrogen (secondary N) is 1. The summed E-state index contributed by atoms with van der Waals surface area (Å²) < 4.78 is 5.60. The molecule has 21 heavy (non-hydrogen) atoms. The van der Waals surface area contributed by atoms with Crippen LogP contribution in [0.5, 0.6) is 0 Å². The van der Waals surface area contributed by atoms with E-state index in [9.17, 15) is 4.79 Å². The van der Waals surface area contributed by atoms with Crippen LogP contribution in [0.2, 0.25) is 0 Å². The highest BCUT2D eigenvalue weighted by atomic mass is 32.2. The average Bonchev–Trinajstić information content (AvgIpc) is 3.26. The van der Waals surface area contributed by atoms with E-state index in [4.69, 9.17) is 4.42 Å². The van der Waals surface area contributed by atoms with Crippen molar-refractivity contribution in [1.82, 2.24) is 15.5 Å². The van der Waals surface area contributed by atoms with Gasteiger partial charge in [-0.2, -0.15) is 0 Å². The van der Waals surface area contributed by atoms with Crippen molar-refractivity contribution in [2.24, 2.45) is 0 Å². The maximum absolute atomic E-state index is 12.3. The third-order valence-electron chi connectivity index (χ3n) is 4.20. The highest BCUT2D eigenvalue weighted by Gasteiger charge is 2.30. The second-order valence-electron chi connectivity index (χ2n) is 6.14. The zero-order valence-electron chi connectivity index (χ0n) is 12.5. The molecule has 0 spiro atoms. The Balaban J connectivity index is 1.48. The molecule has 1 atom stereocenters. The molecule has 2 fully saturated rings. The molecule has 0 radical (unpaired) electrons. The summed E-state index contributed by atoms with van der Waals surface area (Å²) in [5.41, 5.74) is 0. The molecule has 5 nitrogen and oxygen atoms in total. The van der Waals surface area contributed by atoms with Crippen LogP contribution < -0.4 is 5.32 Å². The van der Waals surface area contributed by atoms with Crippen LogP contribution in [0.3, 0.4) is 0 Å². The molecule has 1 amide bonds. The number of carbonyl (C=O) groups excluding carboxylic acids is 1. The summed E-state index contributed by atoms with van der Waals surface area (Å²) in [6.45, 7) is 1.90. The van der Waals surface area contributed by atoms with E-state index in [1.807, 2.05) is 6.92 Å². The number of carbonyl (C=O) groups is 1. The van der Waals surface area contributed by atoms with Crippen LogP contribution in [-0.4, -0.2) is 27.4 Å². The molecule has 6 heteroatoms. The Hall–Kier alpha value is -1.04. The van der Waals surface area contributed by atoms with E-state index >= 15 is 0 Å². The summed E-state index contributed by atoms with van der Waals surface area (Å²) in [6, 6.07) is 0.341. The predicted octanol–water partition coefficient (Wildman–Crippen LogP) is 3.27. The Morgan fingerprint density at radius 2 is 1.90 bits per heavy atom. The second kappa shape index (κ2) is 6.81. The lowest BCUT2D eigenvalue weighted by atomic mass is 10.1. The quantitative estimate of drug-likeness (QED) is 0.668. The van der Waals surface area contributed by atoms with Crippen molar-refractivity contribution in [2.75, 3.05) is 0 Å². The van der Waals surface area contributed by atoms with E-state index in [1.165, 1.54) is 37.4 Å². The summed E-state index contributed by atoms with van der Waals surface area (Å²) in [5.74, 6) is 1.27. The molecule has 0 bridgehead atoms. The molecule has 1 aromatic heterocycles. The van der Waals surface area contributed by atoms with Gasteiger partial charge < -0.3 is 9.73 Å². The van der Waals surface area contributed by atoms with E-state index in [0.717, 1.165) is 31.6 Å². The van der Waals surface area contributed by atoms with Gasteiger partial charge in [0.15, 0.2) is 0 Å². The molecule has 2 aliphatic carbocycles. The van der Waals surface area contributed by atoms with Gasteiger partial charge >= 0.3 is 0 Å². The topological polar surface area (TPSA) is 68.0 Å². The number of rotatable bonds is 5. The van der Waals surface area contributed by atoms with E-state index in [0.29, 0.717) is 17.2 Å². The van der Waals surface area contributed by atoms with Gasteiger partial charge in [-0.1, -0.05) is 37.4 Å². The van der Waals surface area contributed by atoms with Crippen LogP contribution in [-0.2, 0) is 4.79 Å². The number of hydrogen-bond acceptors (Lipinski definition) is 5. The van der Waals surface area contributed by atoms with Gasteiger partial charge in [0.2, 0.25) is 11.8 Å². The van der Waals surface area contributed by atoms with Gasteiger partial charge in [0.1, 0.15) is 0 Å². The van der Waals surface area contributed by atoms with Crippen molar-refractivity contribution in [3.8, 4) is 0 Å². The second-order valence-corrected chi connectivity index (χ2v) is 7.43. The molecular weight excluding hydrogens is 286 g/mol. The zero-order valence-corrected chi connectivity index (χ0v) is 13.3. The van der Waals surface area contributed by atoms with Crippen LogP contribution in [0.1, 0.15) is 70.1 Å². The van der Waals surface area contributed by atoms with Crippen LogP contribution in [0.25, 0.3) is 0 Å². The molecule has 2 aliphatic rings. The number of amides is 1. The fourth-order valence-corrected chi connectivity index (χ4v) is 3.41. The standard InChI is InChI=1S/C15H23N3O2S/c1-10(13(19)16-12-6-4-2-3-5-7-12)21-15-18-17-14(20-15)11-8-9-11/h10-12H,2-9H2,1H3,(H,16,19). The number of nitrogens with zero attached hydrogens (tertiary/aromatic N) is 2. The predicted molar refractivity (Wildman–Crippen MR) is 81.2 cm³/mol. The van der Waals surface area contributed by atoms with Crippen LogP contribution in [0.4, 0.5) is 0 Å². The fraction of sp³-hybridized carbons (Fsp3) is 0.800. The van der Waals surface area contributed by atoms with Gasteiger partial charge in [-0.25, -0.2) is 0 Å². The van der Waals surface area contributed by atoms with Gasteiger partial charge in [-0.3, -0.25) is 4.79 Å². The SMILES string of the molecule is CC(Sc1nnc(C2CC2)o1)C(=O)NC1CCCCCC1. The van der Waals surface area contributed by atoms with Crippen molar-refractivity contribution in [2.45, 2.75) is 80.7 Å². The van der Waals surface area contributed by atoms with Crippen LogP contribution >= 0.6 is 11.8 Å². The molecule has 1 aromatic rings. The lowest BCUT2D eigenvalue weighted by Gasteiger charge is -2.18. The lowest BCUT2D eigenvalue weighted by Crippen LogP contribution is -2.39. The number of thioether (sulfide) groups is 1. The molecule has 1 N–H and O–H groups in total. The molecule has 0 saturated heterocycles. The number of aromatic nitrogens is 2. The molecule has 0 aromatic carbocycles. The Morgan fingerprint density at radius 3 is 2.57 bits per heavy atom. The number of hydrogen-bond donors (Lipinski definition) is 1. The van der Waals surface area contributed by atoms with Gasteiger partial charge in [0.25, 0.3) is 5.22 Å². The Morgan fingerprint density at radius 1 is 1.19 bits per heavy atom. The zero-order chi connectivity index (χ0) is 14.7. The first kappa shape index (κ1) is 14.9. The van der Waals surface area contributed by atoms with Gasteiger partial charge in [-0.15, -0.1) is 10.2 Å². The average molecular weight is 309 g/mol. The lowest BCUT2D eigenvalue weighted by molar-refractivity contribution is -0.121. The maximum atomic E-state index is 12.3. The Kier molecular flexibility index (Phi) is 4.83. The first-order chi connectivity index (χ1) is 10.2. The highest BCUT2D eigenvalue weighted by molar-refractivity contribution is 8.00. The van der Waals surface area contributed by atoms with Gasteiger partial charge in [0.05, 0.1) is 5.25 Å². The minimum Gasteiger partial charge on any atom is -0.416 e. The van der Waals surface area contributed by atoms with E-state index in [1.54, 1.807) is 0 Å². The van der Waals surface area contributed by atoms with Crippen molar-refractivity contribution < 1.29 is 9.21 Å². The first-order valence-electron chi connectivity index (χ1n) is 8.03. The molecule has 1 unspecified atom stereocenters. The molecule has 3 rings (SSSR count). The van der Waals surface area contributed by atoms with Crippen molar-refractivity contribution in [3.05, 3.63) is 5.89 Å². The maximum Gasteiger partial charge on any atom is 0.277 e. The van der Waals surface area contributed by atoms with E-state index in [2.05, 4.69) is 15.5 Å². The van der Waals surface area contributed by atoms with Gasteiger partial charge in [-0.05, 0) is 32.6 Å². The van der Waals surface area contributed by atoms with Crippen molar-refractivity contribution in [3.63, 3.8) is 0 Å². The highest BCUT2D eigenvalue weighted by Crippen LogP contribution is 2.40. The summed E-state index contributed by atoms with van der Waals surface area (Å²) >= 11 is 1.36. The van der Waals surface area contributed by atoms with E-state index in [-0.39, 0.29) is 11.2 Å². The van der Waals surface area contributed by atoms with E-state index < -0.39 is 0 Å². The Labute approximate surface area is 129 Å². The third kappa shape index (κ3) is 4.22. The first-order valence-corrected chi connectivity index (χ1v) is 8.91.